The molecule has 210 valence electrons. The van der Waals surface area contributed by atoms with Gasteiger partial charge in [0.05, 0.1) is 0 Å². The molecule has 0 radical (unpaired) electrons. The second kappa shape index (κ2) is 23.1. The van der Waals surface area contributed by atoms with E-state index in [1.807, 2.05) is 0 Å². The highest BCUT2D eigenvalue weighted by Gasteiger charge is 2.23. The summed E-state index contributed by atoms with van der Waals surface area (Å²) >= 11 is 0. The van der Waals surface area contributed by atoms with E-state index in [-0.39, 0.29) is 24.8 Å². The van der Waals surface area contributed by atoms with E-state index in [9.17, 15) is 19.5 Å². The van der Waals surface area contributed by atoms with E-state index in [4.69, 9.17) is 11.5 Å². The lowest BCUT2D eigenvalue weighted by Gasteiger charge is -2.18. The first-order valence-electron chi connectivity index (χ1n) is 14.2. The molecular formula is C27H53N5O4. The predicted octanol–water partition coefficient (Wildman–Crippen LogP) is 4.38. The van der Waals surface area contributed by atoms with Crippen molar-refractivity contribution in [3.8, 4) is 0 Å². The van der Waals surface area contributed by atoms with Crippen LogP contribution >= 0.6 is 0 Å². The van der Waals surface area contributed by atoms with Gasteiger partial charge in [0.1, 0.15) is 12.1 Å². The van der Waals surface area contributed by atoms with Crippen LogP contribution in [0.2, 0.25) is 0 Å². The van der Waals surface area contributed by atoms with Crippen molar-refractivity contribution in [2.24, 2.45) is 16.5 Å². The Labute approximate surface area is 218 Å². The Balaban J connectivity index is 3.77. The first kappa shape index (κ1) is 33.7. The molecule has 0 aliphatic heterocycles. The standard InChI is InChI=1S/C27H53N5O4/c1-3-4-5-6-7-8-9-10-11-12-13-14-15-16-17-20-24(33)31-22(2)25(34)32-23(26(35)36)19-18-21-30-27(28)29/h22-23H,3-21H2,1-2H3,(H,31,33)(H,32,34)(H,35,36)(H4,28,29,30)/t22-,23-/m0/s1. The van der Waals surface area contributed by atoms with Gasteiger partial charge in [0.2, 0.25) is 11.8 Å². The fraction of sp³-hybridized carbons (Fsp3) is 0.852. The number of rotatable bonds is 24. The summed E-state index contributed by atoms with van der Waals surface area (Å²) in [6.45, 7) is 4.09. The van der Waals surface area contributed by atoms with Gasteiger partial charge in [-0.25, -0.2) is 4.79 Å². The molecule has 2 amide bonds. The van der Waals surface area contributed by atoms with Crippen LogP contribution in [0, 0.1) is 0 Å². The molecule has 0 spiro atoms. The molecule has 0 heterocycles. The quantitative estimate of drug-likeness (QED) is 0.0734. The van der Waals surface area contributed by atoms with Crippen LogP contribution in [0.5, 0.6) is 0 Å². The number of unbranched alkanes of at least 4 members (excludes halogenated alkanes) is 14. The van der Waals surface area contributed by atoms with Gasteiger partial charge >= 0.3 is 5.97 Å². The summed E-state index contributed by atoms with van der Waals surface area (Å²) in [5, 5.41) is 14.4. The van der Waals surface area contributed by atoms with Crippen LogP contribution in [-0.2, 0) is 14.4 Å². The number of nitrogens with one attached hydrogen (secondary N) is 2. The number of nitrogens with two attached hydrogens (primary N) is 2. The predicted molar refractivity (Wildman–Crippen MR) is 147 cm³/mol. The Morgan fingerprint density at radius 2 is 1.22 bits per heavy atom. The molecule has 0 aromatic heterocycles. The van der Waals surface area contributed by atoms with Gasteiger partial charge in [-0.1, -0.05) is 96.8 Å². The van der Waals surface area contributed by atoms with E-state index in [0.29, 0.717) is 12.8 Å². The average Bonchev–Trinajstić information content (AvgIpc) is 2.82. The van der Waals surface area contributed by atoms with Crippen LogP contribution in [-0.4, -0.2) is 47.5 Å². The molecule has 7 N–H and O–H groups in total. The number of guanidine groups is 1. The SMILES string of the molecule is CCCCCCCCCCCCCCCCCC(=O)N[C@@H](C)C(=O)N[C@@H](CCCN=C(N)N)C(=O)O. The molecule has 2 atom stereocenters. The number of carbonyl (C=O) groups excluding carboxylic acids is 2. The first-order valence-corrected chi connectivity index (χ1v) is 14.2. The lowest BCUT2D eigenvalue weighted by atomic mass is 10.0. The monoisotopic (exact) mass is 511 g/mol. The number of carboxylic acid groups (broad SMARTS) is 1. The molecule has 36 heavy (non-hydrogen) atoms. The van der Waals surface area contributed by atoms with Crippen molar-refractivity contribution in [3.63, 3.8) is 0 Å². The summed E-state index contributed by atoms with van der Waals surface area (Å²) in [6, 6.07) is -1.85. The summed E-state index contributed by atoms with van der Waals surface area (Å²) in [6.07, 6.45) is 20.0. The smallest absolute Gasteiger partial charge is 0.326 e. The molecule has 0 aliphatic carbocycles. The second-order valence-corrected chi connectivity index (χ2v) is 9.84. The number of aliphatic imine (C=N–C) groups is 1. The maximum absolute atomic E-state index is 12.3. The molecule has 0 saturated carbocycles. The summed E-state index contributed by atoms with van der Waals surface area (Å²) < 4.78 is 0. The molecular weight excluding hydrogens is 458 g/mol. The number of hydrogen-bond donors (Lipinski definition) is 5. The zero-order valence-corrected chi connectivity index (χ0v) is 22.9. The molecule has 0 unspecified atom stereocenters. The van der Waals surface area contributed by atoms with Crippen molar-refractivity contribution in [3.05, 3.63) is 0 Å². The summed E-state index contributed by atoms with van der Waals surface area (Å²) in [7, 11) is 0. The van der Waals surface area contributed by atoms with Crippen molar-refractivity contribution < 1.29 is 19.5 Å². The number of hydrogen-bond acceptors (Lipinski definition) is 4. The maximum atomic E-state index is 12.3. The summed E-state index contributed by atoms with van der Waals surface area (Å²) in [5.41, 5.74) is 10.5. The molecule has 0 aromatic rings. The van der Waals surface area contributed by atoms with Crippen molar-refractivity contribution in [1.82, 2.24) is 10.6 Å². The molecule has 0 saturated heterocycles. The van der Waals surface area contributed by atoms with Crippen LogP contribution in [0.25, 0.3) is 0 Å². The molecule has 0 fully saturated rings. The zero-order valence-electron chi connectivity index (χ0n) is 22.9. The fourth-order valence-electron chi connectivity index (χ4n) is 4.09. The molecule has 0 aliphatic rings. The molecule has 0 rings (SSSR count). The van der Waals surface area contributed by atoms with Crippen LogP contribution < -0.4 is 22.1 Å². The zero-order chi connectivity index (χ0) is 27.0. The van der Waals surface area contributed by atoms with Gasteiger partial charge in [0, 0.05) is 13.0 Å². The third kappa shape index (κ3) is 21.0. The molecule has 0 aromatic carbocycles. The maximum Gasteiger partial charge on any atom is 0.326 e. The number of amides is 2. The highest BCUT2D eigenvalue weighted by Crippen LogP contribution is 2.13. The van der Waals surface area contributed by atoms with E-state index in [1.165, 1.54) is 77.0 Å². The van der Waals surface area contributed by atoms with E-state index in [2.05, 4.69) is 22.5 Å². The Morgan fingerprint density at radius 3 is 1.67 bits per heavy atom. The number of carboxylic acids is 1. The van der Waals surface area contributed by atoms with Gasteiger partial charge in [0.15, 0.2) is 5.96 Å². The van der Waals surface area contributed by atoms with Gasteiger partial charge < -0.3 is 27.2 Å². The normalized spacial score (nSPS) is 12.5. The largest absolute Gasteiger partial charge is 0.480 e. The number of aliphatic carboxylic acids is 1. The van der Waals surface area contributed by atoms with Crippen LogP contribution in [0.15, 0.2) is 4.99 Å². The van der Waals surface area contributed by atoms with Crippen LogP contribution in [0.1, 0.15) is 129 Å². The topological polar surface area (TPSA) is 160 Å². The molecule has 9 heteroatoms. The van der Waals surface area contributed by atoms with Gasteiger partial charge in [-0.3, -0.25) is 14.6 Å². The van der Waals surface area contributed by atoms with E-state index in [0.717, 1.165) is 19.3 Å². The lowest BCUT2D eigenvalue weighted by molar-refractivity contribution is -0.142. The van der Waals surface area contributed by atoms with E-state index < -0.39 is 24.0 Å². The van der Waals surface area contributed by atoms with Crippen LogP contribution in [0.3, 0.4) is 0 Å². The van der Waals surface area contributed by atoms with Crippen molar-refractivity contribution in [1.29, 1.82) is 0 Å². The Bertz CT molecular complexity index is 623. The minimum atomic E-state index is -1.13. The third-order valence-electron chi connectivity index (χ3n) is 6.34. The average molecular weight is 512 g/mol. The van der Waals surface area contributed by atoms with Gasteiger partial charge in [-0.15, -0.1) is 0 Å². The van der Waals surface area contributed by atoms with E-state index in [1.54, 1.807) is 6.92 Å². The fourth-order valence-corrected chi connectivity index (χ4v) is 4.09. The van der Waals surface area contributed by atoms with Gasteiger partial charge in [-0.05, 0) is 26.2 Å². The minimum Gasteiger partial charge on any atom is -0.480 e. The number of carbonyl (C=O) groups is 3. The molecule has 0 bridgehead atoms. The summed E-state index contributed by atoms with van der Waals surface area (Å²) in [4.78, 5) is 39.6. The Hall–Kier alpha value is -2.32. The Morgan fingerprint density at radius 1 is 0.750 bits per heavy atom. The second-order valence-electron chi connectivity index (χ2n) is 9.84. The van der Waals surface area contributed by atoms with Crippen molar-refractivity contribution >= 4 is 23.7 Å². The summed E-state index contributed by atoms with van der Waals surface area (Å²) in [5.74, 6) is -1.90. The van der Waals surface area contributed by atoms with E-state index >= 15 is 0 Å². The highest BCUT2D eigenvalue weighted by atomic mass is 16.4. The Kier molecular flexibility index (Phi) is 21.6. The lowest BCUT2D eigenvalue weighted by Crippen LogP contribution is -2.50. The molecule has 9 nitrogen and oxygen atoms in total. The first-order chi connectivity index (χ1) is 17.3. The van der Waals surface area contributed by atoms with Gasteiger partial charge in [0.25, 0.3) is 0 Å². The van der Waals surface area contributed by atoms with Crippen molar-refractivity contribution in [2.75, 3.05) is 6.54 Å². The minimum absolute atomic E-state index is 0.0590. The number of nitrogens with zero attached hydrogens (tertiary/aromatic N) is 1. The highest BCUT2D eigenvalue weighted by molar-refractivity contribution is 5.90. The van der Waals surface area contributed by atoms with Crippen LogP contribution in [0.4, 0.5) is 0 Å². The van der Waals surface area contributed by atoms with Crippen molar-refractivity contribution in [2.45, 2.75) is 142 Å². The van der Waals surface area contributed by atoms with Gasteiger partial charge in [-0.2, -0.15) is 0 Å². The third-order valence-corrected chi connectivity index (χ3v) is 6.34.